The van der Waals surface area contributed by atoms with Crippen molar-refractivity contribution >= 4 is 11.6 Å². The summed E-state index contributed by atoms with van der Waals surface area (Å²) < 4.78 is 1.82. The maximum Gasteiger partial charge on any atom is 0.251 e. The van der Waals surface area contributed by atoms with Gasteiger partial charge in [-0.2, -0.15) is 5.10 Å². The topological polar surface area (TPSA) is 38.1 Å². The first-order valence-electron chi connectivity index (χ1n) is 8.15. The van der Waals surface area contributed by atoms with Crippen LogP contribution >= 0.6 is 0 Å². The summed E-state index contributed by atoms with van der Waals surface area (Å²) in [5.41, 5.74) is 5.19. The molecule has 4 heteroatoms. The van der Waals surface area contributed by atoms with Gasteiger partial charge in [-0.1, -0.05) is 12.1 Å². The van der Waals surface area contributed by atoms with E-state index in [1.54, 1.807) is 0 Å². The van der Waals surface area contributed by atoms with E-state index in [1.165, 1.54) is 0 Å². The summed E-state index contributed by atoms with van der Waals surface area (Å²) in [4.78, 5) is 15.1. The van der Waals surface area contributed by atoms with Crippen molar-refractivity contribution in [2.75, 3.05) is 4.90 Å². The summed E-state index contributed by atoms with van der Waals surface area (Å²) in [6.07, 6.45) is 0. The third-order valence-corrected chi connectivity index (χ3v) is 4.15. The van der Waals surface area contributed by atoms with Crippen molar-refractivity contribution in [3.8, 4) is 0 Å². The number of aromatic nitrogens is 2. The van der Waals surface area contributed by atoms with Crippen molar-refractivity contribution in [1.82, 2.24) is 9.78 Å². The molecule has 1 unspecified atom stereocenters. The molecular formula is C19H27N3O. The van der Waals surface area contributed by atoms with Gasteiger partial charge in [-0.15, -0.1) is 0 Å². The zero-order chi connectivity index (χ0) is 17.3. The molecule has 0 saturated carbocycles. The molecule has 23 heavy (non-hydrogen) atoms. The van der Waals surface area contributed by atoms with Crippen LogP contribution in [0.4, 0.5) is 5.69 Å². The Bertz CT molecular complexity index is 715. The van der Waals surface area contributed by atoms with Gasteiger partial charge in [0.05, 0.1) is 5.69 Å². The second-order valence-electron chi connectivity index (χ2n) is 6.64. The first-order valence-corrected chi connectivity index (χ1v) is 8.15. The number of rotatable bonds is 4. The Kier molecular flexibility index (Phi) is 4.93. The van der Waals surface area contributed by atoms with Crippen LogP contribution in [0.3, 0.4) is 0 Å². The van der Waals surface area contributed by atoms with Crippen LogP contribution in [0.1, 0.15) is 49.3 Å². The van der Waals surface area contributed by atoms with E-state index in [4.69, 9.17) is 0 Å². The Morgan fingerprint density at radius 2 is 1.74 bits per heavy atom. The summed E-state index contributed by atoms with van der Waals surface area (Å²) in [5, 5.41) is 4.48. The quantitative estimate of drug-likeness (QED) is 0.851. The first-order chi connectivity index (χ1) is 10.7. The Balaban J connectivity index is 2.43. The molecule has 0 fully saturated rings. The molecule has 0 aliphatic heterocycles. The minimum absolute atomic E-state index is 0.0694. The van der Waals surface area contributed by atoms with E-state index in [0.29, 0.717) is 0 Å². The molecule has 0 N–H and O–H groups in total. The molecule has 4 nitrogen and oxygen atoms in total. The molecule has 0 bridgehead atoms. The van der Waals surface area contributed by atoms with Crippen LogP contribution in [-0.2, 0) is 4.79 Å². The standard InChI is InChI=1S/C19H27N3O/c1-12(2)21(18-10-13(3)8-9-14(18)4)19(23)17(7)22-16(6)11-15(5)20-22/h8-12,17H,1-7H3. The van der Waals surface area contributed by atoms with Crippen LogP contribution in [-0.4, -0.2) is 21.7 Å². The van der Waals surface area contributed by atoms with Crippen molar-refractivity contribution in [2.24, 2.45) is 0 Å². The van der Waals surface area contributed by atoms with Gasteiger partial charge in [0.25, 0.3) is 5.91 Å². The smallest absolute Gasteiger partial charge is 0.251 e. The highest BCUT2D eigenvalue weighted by atomic mass is 16.2. The Hall–Kier alpha value is -2.10. The number of benzene rings is 1. The van der Waals surface area contributed by atoms with E-state index in [9.17, 15) is 4.79 Å². The summed E-state index contributed by atoms with van der Waals surface area (Å²) in [7, 11) is 0. The maximum atomic E-state index is 13.2. The van der Waals surface area contributed by atoms with Gasteiger partial charge in [-0.25, -0.2) is 0 Å². The van der Waals surface area contributed by atoms with Crippen molar-refractivity contribution < 1.29 is 4.79 Å². The van der Waals surface area contributed by atoms with Crippen LogP contribution < -0.4 is 4.90 Å². The summed E-state index contributed by atoms with van der Waals surface area (Å²) >= 11 is 0. The lowest BCUT2D eigenvalue weighted by atomic mass is 10.1. The Morgan fingerprint density at radius 3 is 2.26 bits per heavy atom. The molecule has 1 amide bonds. The van der Waals surface area contributed by atoms with Gasteiger partial charge in [0.2, 0.25) is 0 Å². The van der Waals surface area contributed by atoms with Gasteiger partial charge >= 0.3 is 0 Å². The molecular weight excluding hydrogens is 286 g/mol. The van der Waals surface area contributed by atoms with Crippen LogP contribution in [0, 0.1) is 27.7 Å². The predicted molar refractivity (Wildman–Crippen MR) is 95.0 cm³/mol. The molecule has 1 aromatic heterocycles. The molecule has 1 aromatic carbocycles. The van der Waals surface area contributed by atoms with Crippen LogP contribution in [0.25, 0.3) is 0 Å². The summed E-state index contributed by atoms with van der Waals surface area (Å²) in [6.45, 7) is 14.1. The third kappa shape index (κ3) is 3.46. The molecule has 1 atom stereocenters. The summed E-state index contributed by atoms with van der Waals surface area (Å²) in [5.74, 6) is 0.0694. The van der Waals surface area contributed by atoms with Gasteiger partial charge in [-0.05, 0) is 71.7 Å². The van der Waals surface area contributed by atoms with Crippen molar-refractivity contribution in [3.05, 3.63) is 46.8 Å². The molecule has 1 heterocycles. The highest BCUT2D eigenvalue weighted by molar-refractivity contribution is 5.97. The molecule has 0 radical (unpaired) electrons. The number of aryl methyl sites for hydroxylation is 4. The largest absolute Gasteiger partial charge is 0.308 e. The molecule has 2 aromatic rings. The molecule has 124 valence electrons. The maximum absolute atomic E-state index is 13.2. The highest BCUT2D eigenvalue weighted by Gasteiger charge is 2.27. The lowest BCUT2D eigenvalue weighted by molar-refractivity contribution is -0.122. The normalized spacial score (nSPS) is 12.5. The number of nitrogens with zero attached hydrogens (tertiary/aromatic N) is 3. The fourth-order valence-corrected chi connectivity index (χ4v) is 2.97. The number of carbonyl (C=O) groups excluding carboxylic acids is 1. The van der Waals surface area contributed by atoms with Gasteiger partial charge < -0.3 is 4.90 Å². The first kappa shape index (κ1) is 17.3. The van der Waals surface area contributed by atoms with Crippen molar-refractivity contribution in [2.45, 2.75) is 60.5 Å². The minimum atomic E-state index is -0.328. The van der Waals surface area contributed by atoms with E-state index in [1.807, 2.05) is 57.2 Å². The predicted octanol–water partition coefficient (Wildman–Crippen LogP) is 4.12. The van der Waals surface area contributed by atoms with Crippen LogP contribution in [0.5, 0.6) is 0 Å². The molecule has 0 aliphatic rings. The molecule has 0 aliphatic carbocycles. The van der Waals surface area contributed by atoms with E-state index in [2.05, 4.69) is 30.2 Å². The fraction of sp³-hybridized carbons (Fsp3) is 0.474. The average Bonchev–Trinajstić information content (AvgIpc) is 2.80. The van der Waals surface area contributed by atoms with E-state index >= 15 is 0 Å². The zero-order valence-corrected chi connectivity index (χ0v) is 15.2. The Morgan fingerprint density at radius 1 is 1.09 bits per heavy atom. The van der Waals surface area contributed by atoms with Crippen molar-refractivity contribution in [1.29, 1.82) is 0 Å². The number of hydrogen-bond donors (Lipinski definition) is 0. The fourth-order valence-electron chi connectivity index (χ4n) is 2.97. The zero-order valence-electron chi connectivity index (χ0n) is 15.2. The second kappa shape index (κ2) is 6.57. The van der Waals surface area contributed by atoms with E-state index < -0.39 is 0 Å². The average molecular weight is 313 g/mol. The molecule has 0 spiro atoms. The van der Waals surface area contributed by atoms with Gasteiger partial charge in [-0.3, -0.25) is 9.48 Å². The van der Waals surface area contributed by atoms with Gasteiger partial charge in [0.15, 0.2) is 0 Å². The number of hydrogen-bond acceptors (Lipinski definition) is 2. The minimum Gasteiger partial charge on any atom is -0.308 e. The van der Waals surface area contributed by atoms with Gasteiger partial charge in [0, 0.05) is 17.4 Å². The lowest BCUT2D eigenvalue weighted by Crippen LogP contribution is -2.42. The molecule has 0 saturated heterocycles. The van der Waals surface area contributed by atoms with Gasteiger partial charge in [0.1, 0.15) is 6.04 Å². The number of anilines is 1. The van der Waals surface area contributed by atoms with Crippen LogP contribution in [0.15, 0.2) is 24.3 Å². The number of amides is 1. The second-order valence-corrected chi connectivity index (χ2v) is 6.64. The number of carbonyl (C=O) groups is 1. The van der Waals surface area contributed by atoms with E-state index in [-0.39, 0.29) is 18.0 Å². The third-order valence-electron chi connectivity index (χ3n) is 4.15. The Labute approximate surface area is 139 Å². The lowest BCUT2D eigenvalue weighted by Gasteiger charge is -2.31. The van der Waals surface area contributed by atoms with Crippen LogP contribution in [0.2, 0.25) is 0 Å². The monoisotopic (exact) mass is 313 g/mol. The SMILES string of the molecule is Cc1ccc(C)c(N(C(=O)C(C)n2nc(C)cc2C)C(C)C)c1. The summed E-state index contributed by atoms with van der Waals surface area (Å²) in [6, 6.07) is 7.99. The van der Waals surface area contributed by atoms with E-state index in [0.717, 1.165) is 28.2 Å². The highest BCUT2D eigenvalue weighted by Crippen LogP contribution is 2.27. The molecule has 2 rings (SSSR count). The van der Waals surface area contributed by atoms with Crippen molar-refractivity contribution in [3.63, 3.8) is 0 Å².